The van der Waals surface area contributed by atoms with E-state index >= 15 is 0 Å². The van der Waals surface area contributed by atoms with Gasteiger partial charge >= 0.3 is 0 Å². The average molecular weight is 241 g/mol. The molecule has 0 spiro atoms. The summed E-state index contributed by atoms with van der Waals surface area (Å²) in [4.78, 5) is 5.35. The normalized spacial score (nSPS) is 34.1. The van der Waals surface area contributed by atoms with Crippen molar-refractivity contribution in [2.45, 2.75) is 12.5 Å². The summed E-state index contributed by atoms with van der Waals surface area (Å²) in [6, 6.07) is 0.871. The van der Waals surface area contributed by atoms with E-state index in [1.807, 2.05) is 0 Å². The van der Waals surface area contributed by atoms with Gasteiger partial charge in [0, 0.05) is 51.9 Å². The minimum atomic E-state index is 0.871. The lowest BCUT2D eigenvalue weighted by molar-refractivity contribution is 0.0200. The van der Waals surface area contributed by atoms with Crippen molar-refractivity contribution in [1.29, 1.82) is 0 Å². The fraction of sp³-hybridized carbons (Fsp3) is 1.00. The molecule has 0 bridgehead atoms. The van der Waals surface area contributed by atoms with Crippen LogP contribution < -0.4 is 5.32 Å². The molecule has 1 atom stereocenters. The second-order valence-electron chi connectivity index (χ2n) is 5.39. The van der Waals surface area contributed by atoms with Crippen LogP contribution in [0.5, 0.6) is 0 Å². The minimum Gasteiger partial charge on any atom is -0.314 e. The van der Waals surface area contributed by atoms with E-state index in [1.54, 1.807) is 0 Å². The molecule has 16 heavy (non-hydrogen) atoms. The van der Waals surface area contributed by atoms with Gasteiger partial charge in [0.1, 0.15) is 0 Å². The van der Waals surface area contributed by atoms with Crippen molar-refractivity contribution in [3.63, 3.8) is 0 Å². The van der Waals surface area contributed by atoms with E-state index in [0.29, 0.717) is 0 Å². The Bertz CT molecular complexity index is 218. The van der Waals surface area contributed by atoms with Crippen LogP contribution in [-0.4, -0.2) is 73.2 Å². The van der Waals surface area contributed by atoms with Gasteiger partial charge in [0.25, 0.3) is 0 Å². The third-order valence-electron chi connectivity index (χ3n) is 4.15. The number of hydrogen-bond donors (Lipinski definition) is 1. The smallest absolute Gasteiger partial charge is 0.0351 e. The highest BCUT2D eigenvalue weighted by molar-refractivity contribution is 7.99. The van der Waals surface area contributed by atoms with E-state index in [1.165, 1.54) is 63.7 Å². The van der Waals surface area contributed by atoms with Crippen LogP contribution in [0.4, 0.5) is 0 Å². The van der Waals surface area contributed by atoms with E-state index in [4.69, 9.17) is 0 Å². The lowest BCUT2D eigenvalue weighted by atomic mass is 10.0. The van der Waals surface area contributed by atoms with E-state index < -0.39 is 0 Å². The van der Waals surface area contributed by atoms with Crippen molar-refractivity contribution in [2.24, 2.45) is 5.92 Å². The molecule has 3 saturated heterocycles. The van der Waals surface area contributed by atoms with Gasteiger partial charge in [0.05, 0.1) is 0 Å². The monoisotopic (exact) mass is 241 g/mol. The molecular formula is C12H23N3S. The van der Waals surface area contributed by atoms with Gasteiger partial charge in [-0.3, -0.25) is 9.80 Å². The molecule has 0 saturated carbocycles. The zero-order valence-electron chi connectivity index (χ0n) is 10.0. The Morgan fingerprint density at radius 3 is 2.69 bits per heavy atom. The first-order valence-corrected chi connectivity index (χ1v) is 7.82. The lowest BCUT2D eigenvalue weighted by Crippen LogP contribution is -2.63. The second kappa shape index (κ2) is 5.25. The number of thioether (sulfide) groups is 1. The highest BCUT2D eigenvalue weighted by Crippen LogP contribution is 2.26. The molecule has 0 aromatic carbocycles. The van der Waals surface area contributed by atoms with Crippen LogP contribution in [0.15, 0.2) is 0 Å². The third kappa shape index (κ3) is 2.55. The zero-order chi connectivity index (χ0) is 10.8. The van der Waals surface area contributed by atoms with Gasteiger partial charge in [-0.2, -0.15) is 11.8 Å². The SMILES string of the molecule is C1CN(C2CN(CC3CCSC3)C2)CCN1. The summed E-state index contributed by atoms with van der Waals surface area (Å²) >= 11 is 2.14. The minimum absolute atomic E-state index is 0.871. The summed E-state index contributed by atoms with van der Waals surface area (Å²) in [6.07, 6.45) is 1.46. The molecule has 0 amide bonds. The van der Waals surface area contributed by atoms with E-state index in [9.17, 15) is 0 Å². The Kier molecular flexibility index (Phi) is 3.72. The largest absolute Gasteiger partial charge is 0.314 e. The average Bonchev–Trinajstić information content (AvgIpc) is 2.77. The first-order chi connectivity index (χ1) is 7.92. The number of hydrogen-bond acceptors (Lipinski definition) is 4. The van der Waals surface area contributed by atoms with Gasteiger partial charge in [0.2, 0.25) is 0 Å². The molecular weight excluding hydrogens is 218 g/mol. The number of nitrogens with zero attached hydrogens (tertiary/aromatic N) is 2. The van der Waals surface area contributed by atoms with Crippen LogP contribution in [0.2, 0.25) is 0 Å². The van der Waals surface area contributed by atoms with E-state index in [2.05, 4.69) is 26.9 Å². The Morgan fingerprint density at radius 1 is 1.19 bits per heavy atom. The molecule has 3 rings (SSSR count). The Labute approximate surface area is 103 Å². The topological polar surface area (TPSA) is 18.5 Å². The van der Waals surface area contributed by atoms with Crippen molar-refractivity contribution in [3.05, 3.63) is 0 Å². The molecule has 1 N–H and O–H groups in total. The summed E-state index contributed by atoms with van der Waals surface area (Å²) in [5.74, 6) is 3.81. The fourth-order valence-corrected chi connectivity index (χ4v) is 4.33. The zero-order valence-corrected chi connectivity index (χ0v) is 10.8. The maximum absolute atomic E-state index is 3.43. The second-order valence-corrected chi connectivity index (χ2v) is 6.54. The Balaban J connectivity index is 1.37. The Hall–Kier alpha value is 0.230. The maximum Gasteiger partial charge on any atom is 0.0351 e. The summed E-state index contributed by atoms with van der Waals surface area (Å²) in [6.45, 7) is 8.94. The standard InChI is InChI=1S/C12H23N3S/c1-6-16-10-11(1)7-14-8-12(9-14)15-4-2-13-3-5-15/h11-13H,1-10H2. The van der Waals surface area contributed by atoms with Crippen molar-refractivity contribution in [1.82, 2.24) is 15.1 Å². The Morgan fingerprint density at radius 2 is 2.00 bits per heavy atom. The van der Waals surface area contributed by atoms with Gasteiger partial charge in [-0.15, -0.1) is 0 Å². The molecule has 0 aromatic rings. The molecule has 3 aliphatic rings. The molecule has 0 aromatic heterocycles. The summed E-state index contributed by atoms with van der Waals surface area (Å²) in [7, 11) is 0. The predicted molar refractivity (Wildman–Crippen MR) is 70.1 cm³/mol. The van der Waals surface area contributed by atoms with Crippen LogP contribution in [0.3, 0.4) is 0 Å². The quantitative estimate of drug-likeness (QED) is 0.767. The van der Waals surface area contributed by atoms with Gasteiger partial charge in [-0.25, -0.2) is 0 Å². The molecule has 3 fully saturated rings. The highest BCUT2D eigenvalue weighted by Gasteiger charge is 2.33. The number of piperazine rings is 1. The first kappa shape index (κ1) is 11.3. The molecule has 92 valence electrons. The molecule has 3 nitrogen and oxygen atoms in total. The molecule has 3 aliphatic heterocycles. The summed E-state index contributed by atoms with van der Waals surface area (Å²) in [5.41, 5.74) is 0. The van der Waals surface area contributed by atoms with Gasteiger partial charge < -0.3 is 5.32 Å². The molecule has 1 unspecified atom stereocenters. The summed E-state index contributed by atoms with van der Waals surface area (Å²) in [5, 5.41) is 3.43. The van der Waals surface area contributed by atoms with Crippen LogP contribution >= 0.6 is 11.8 Å². The molecule has 0 radical (unpaired) electrons. The summed E-state index contributed by atoms with van der Waals surface area (Å²) < 4.78 is 0. The predicted octanol–water partition coefficient (Wildman–Crippen LogP) is 0.329. The van der Waals surface area contributed by atoms with Crippen molar-refractivity contribution in [2.75, 3.05) is 57.3 Å². The van der Waals surface area contributed by atoms with Crippen LogP contribution in [0.1, 0.15) is 6.42 Å². The lowest BCUT2D eigenvalue weighted by Gasteiger charge is -2.47. The number of likely N-dealkylation sites (tertiary alicyclic amines) is 1. The van der Waals surface area contributed by atoms with Crippen molar-refractivity contribution >= 4 is 11.8 Å². The van der Waals surface area contributed by atoms with Crippen LogP contribution in [0.25, 0.3) is 0 Å². The fourth-order valence-electron chi connectivity index (χ4n) is 3.06. The molecule has 4 heteroatoms. The van der Waals surface area contributed by atoms with Crippen molar-refractivity contribution in [3.8, 4) is 0 Å². The molecule has 3 heterocycles. The first-order valence-electron chi connectivity index (χ1n) is 6.67. The van der Waals surface area contributed by atoms with Crippen LogP contribution in [0, 0.1) is 5.92 Å². The van der Waals surface area contributed by atoms with Crippen molar-refractivity contribution < 1.29 is 0 Å². The van der Waals surface area contributed by atoms with E-state index in [-0.39, 0.29) is 0 Å². The highest BCUT2D eigenvalue weighted by atomic mass is 32.2. The maximum atomic E-state index is 3.43. The van der Waals surface area contributed by atoms with Gasteiger partial charge in [0.15, 0.2) is 0 Å². The van der Waals surface area contributed by atoms with E-state index in [0.717, 1.165) is 12.0 Å². The van der Waals surface area contributed by atoms with Gasteiger partial charge in [-0.05, 0) is 23.8 Å². The number of nitrogens with one attached hydrogen (secondary N) is 1. The van der Waals surface area contributed by atoms with Gasteiger partial charge in [-0.1, -0.05) is 0 Å². The molecule has 0 aliphatic carbocycles. The number of rotatable bonds is 3. The third-order valence-corrected chi connectivity index (χ3v) is 5.38. The van der Waals surface area contributed by atoms with Crippen LogP contribution in [-0.2, 0) is 0 Å².